The number of thioether (sulfide) groups is 1. The van der Waals surface area contributed by atoms with Gasteiger partial charge in [0, 0.05) is 23.1 Å². The zero-order chi connectivity index (χ0) is 18.4. The first-order valence-electron chi connectivity index (χ1n) is 7.87. The molecule has 132 valence electrons. The van der Waals surface area contributed by atoms with Gasteiger partial charge in [0.05, 0.1) is 12.8 Å². The summed E-state index contributed by atoms with van der Waals surface area (Å²) < 4.78 is 5.11. The predicted molar refractivity (Wildman–Crippen MR) is 104 cm³/mol. The van der Waals surface area contributed by atoms with Gasteiger partial charge in [-0.2, -0.15) is 5.10 Å². The lowest BCUT2D eigenvalue weighted by atomic mass is 10.1. The predicted octanol–water partition coefficient (Wildman–Crippen LogP) is 3.91. The van der Waals surface area contributed by atoms with Gasteiger partial charge in [0.15, 0.2) is 0 Å². The van der Waals surface area contributed by atoms with E-state index in [1.165, 1.54) is 17.8 Å². The molecule has 6 nitrogen and oxygen atoms in total. The lowest BCUT2D eigenvalue weighted by molar-refractivity contribution is 0.269. The number of methoxy groups -OCH3 is 1. The number of nitrogens with zero attached hydrogens (tertiary/aromatic N) is 1. The standard InChI is InChI=1S/C19H17N3O3S/c1-25-16-8-2-13(3-9-16)12-26-19(24)20-15-6-4-14(5-7-15)17-10-11-18(23)22-21-17/h2-11H,12H2,1H3,(H,20,24)(H,22,23). The van der Waals surface area contributed by atoms with Crippen LogP contribution in [0.15, 0.2) is 65.5 Å². The molecule has 0 unspecified atom stereocenters. The minimum absolute atomic E-state index is 0.129. The molecule has 2 N–H and O–H groups in total. The van der Waals surface area contributed by atoms with Crippen molar-refractivity contribution in [1.29, 1.82) is 0 Å². The number of nitrogens with one attached hydrogen (secondary N) is 2. The van der Waals surface area contributed by atoms with E-state index in [1.54, 1.807) is 25.3 Å². The average molecular weight is 367 g/mol. The number of anilines is 1. The van der Waals surface area contributed by atoms with Crippen LogP contribution in [-0.2, 0) is 5.75 Å². The monoisotopic (exact) mass is 367 g/mol. The zero-order valence-corrected chi connectivity index (χ0v) is 14.9. The number of benzene rings is 2. The summed E-state index contributed by atoms with van der Waals surface area (Å²) in [5.41, 5.74) is 3.02. The highest BCUT2D eigenvalue weighted by Crippen LogP contribution is 2.21. The fourth-order valence-corrected chi connectivity index (χ4v) is 2.93. The van der Waals surface area contributed by atoms with Gasteiger partial charge >= 0.3 is 0 Å². The number of H-pyrrole nitrogens is 1. The summed E-state index contributed by atoms with van der Waals surface area (Å²) >= 11 is 1.20. The molecule has 0 aliphatic heterocycles. The Balaban J connectivity index is 1.55. The van der Waals surface area contributed by atoms with Crippen molar-refractivity contribution in [2.45, 2.75) is 5.75 Å². The maximum absolute atomic E-state index is 12.1. The minimum Gasteiger partial charge on any atom is -0.497 e. The number of carbonyl (C=O) groups is 1. The van der Waals surface area contributed by atoms with Crippen LogP contribution in [0.4, 0.5) is 10.5 Å². The molecule has 3 aromatic rings. The number of carbonyl (C=O) groups excluding carboxylic acids is 1. The average Bonchev–Trinajstić information content (AvgIpc) is 2.68. The number of hydrogen-bond donors (Lipinski definition) is 2. The fraction of sp³-hybridized carbons (Fsp3) is 0.105. The van der Waals surface area contributed by atoms with Crippen LogP contribution in [0.25, 0.3) is 11.3 Å². The van der Waals surface area contributed by atoms with Crippen LogP contribution in [0.3, 0.4) is 0 Å². The summed E-state index contributed by atoms with van der Waals surface area (Å²) in [6, 6.07) is 18.0. The van der Waals surface area contributed by atoms with Crippen LogP contribution in [-0.4, -0.2) is 22.5 Å². The fourth-order valence-electron chi connectivity index (χ4n) is 2.25. The Labute approximate surface area is 154 Å². The van der Waals surface area contributed by atoms with Crippen molar-refractivity contribution in [2.24, 2.45) is 0 Å². The molecule has 7 heteroatoms. The Morgan fingerprint density at radius 1 is 1.08 bits per heavy atom. The third-order valence-electron chi connectivity index (χ3n) is 3.64. The van der Waals surface area contributed by atoms with Gasteiger partial charge in [-0.1, -0.05) is 36.0 Å². The van der Waals surface area contributed by atoms with Gasteiger partial charge in [-0.05, 0) is 35.9 Å². The summed E-state index contributed by atoms with van der Waals surface area (Å²) in [5, 5.41) is 9.09. The summed E-state index contributed by atoms with van der Waals surface area (Å²) in [5.74, 6) is 1.37. The second kappa shape index (κ2) is 8.35. The van der Waals surface area contributed by atoms with Crippen molar-refractivity contribution in [2.75, 3.05) is 12.4 Å². The van der Waals surface area contributed by atoms with Gasteiger partial charge < -0.3 is 10.1 Å². The van der Waals surface area contributed by atoms with E-state index in [9.17, 15) is 9.59 Å². The van der Waals surface area contributed by atoms with Crippen LogP contribution < -0.4 is 15.6 Å². The smallest absolute Gasteiger partial charge is 0.283 e. The molecule has 0 saturated heterocycles. The second-order valence-electron chi connectivity index (χ2n) is 5.43. The molecule has 0 saturated carbocycles. The van der Waals surface area contributed by atoms with E-state index in [4.69, 9.17) is 4.74 Å². The van der Waals surface area contributed by atoms with Crippen LogP contribution in [0.5, 0.6) is 5.75 Å². The highest BCUT2D eigenvalue weighted by atomic mass is 32.2. The van der Waals surface area contributed by atoms with Gasteiger partial charge in [-0.15, -0.1) is 0 Å². The summed E-state index contributed by atoms with van der Waals surface area (Å²) in [4.78, 5) is 23.1. The molecule has 0 bridgehead atoms. The van der Waals surface area contributed by atoms with Gasteiger partial charge in [0.2, 0.25) is 0 Å². The van der Waals surface area contributed by atoms with E-state index in [2.05, 4.69) is 15.5 Å². The summed E-state index contributed by atoms with van der Waals surface area (Å²) in [7, 11) is 1.62. The molecule has 3 rings (SSSR count). The first-order valence-corrected chi connectivity index (χ1v) is 8.85. The van der Waals surface area contributed by atoms with E-state index in [-0.39, 0.29) is 10.8 Å². The molecule has 0 aliphatic rings. The molecule has 0 radical (unpaired) electrons. The van der Waals surface area contributed by atoms with Crippen LogP contribution in [0, 0.1) is 0 Å². The quantitative estimate of drug-likeness (QED) is 0.714. The zero-order valence-electron chi connectivity index (χ0n) is 14.1. The Hall–Kier alpha value is -3.06. The van der Waals surface area contributed by atoms with Gasteiger partial charge in [-0.3, -0.25) is 9.59 Å². The molecule has 0 spiro atoms. The van der Waals surface area contributed by atoms with E-state index < -0.39 is 0 Å². The number of ether oxygens (including phenoxy) is 1. The molecule has 1 aromatic heterocycles. The van der Waals surface area contributed by atoms with Gasteiger partial charge in [-0.25, -0.2) is 5.10 Å². The molecular formula is C19H17N3O3S. The molecule has 0 aliphatic carbocycles. The molecule has 0 fully saturated rings. The van der Waals surface area contributed by atoms with Gasteiger partial charge in [0.1, 0.15) is 5.75 Å². The topological polar surface area (TPSA) is 84.1 Å². The van der Waals surface area contributed by atoms with Crippen molar-refractivity contribution in [1.82, 2.24) is 10.2 Å². The van der Waals surface area contributed by atoms with Crippen molar-refractivity contribution in [3.05, 3.63) is 76.6 Å². The van der Waals surface area contributed by atoms with Crippen molar-refractivity contribution in [3.8, 4) is 17.0 Å². The van der Waals surface area contributed by atoms with Crippen LogP contribution in [0.1, 0.15) is 5.56 Å². The number of amides is 1. The lowest BCUT2D eigenvalue weighted by Crippen LogP contribution is -2.06. The van der Waals surface area contributed by atoms with E-state index in [0.29, 0.717) is 17.1 Å². The molecule has 2 aromatic carbocycles. The number of rotatable bonds is 5. The summed E-state index contributed by atoms with van der Waals surface area (Å²) in [6.45, 7) is 0. The third kappa shape index (κ3) is 4.73. The number of aromatic amines is 1. The molecular weight excluding hydrogens is 350 g/mol. The normalized spacial score (nSPS) is 10.3. The van der Waals surface area contributed by atoms with Gasteiger partial charge in [0.25, 0.3) is 10.8 Å². The highest BCUT2D eigenvalue weighted by Gasteiger charge is 2.05. The Bertz CT molecular complexity index is 917. The maximum Gasteiger partial charge on any atom is 0.283 e. The van der Waals surface area contributed by atoms with E-state index in [0.717, 1.165) is 16.9 Å². The molecule has 26 heavy (non-hydrogen) atoms. The Morgan fingerprint density at radius 2 is 1.81 bits per heavy atom. The number of hydrogen-bond acceptors (Lipinski definition) is 5. The Kier molecular flexibility index (Phi) is 5.70. The second-order valence-corrected chi connectivity index (χ2v) is 6.38. The largest absolute Gasteiger partial charge is 0.497 e. The first-order chi connectivity index (χ1) is 12.6. The highest BCUT2D eigenvalue weighted by molar-refractivity contribution is 8.13. The maximum atomic E-state index is 12.1. The Morgan fingerprint density at radius 3 is 2.42 bits per heavy atom. The minimum atomic E-state index is -0.244. The summed E-state index contributed by atoms with van der Waals surface area (Å²) in [6.07, 6.45) is 0. The van der Waals surface area contributed by atoms with E-state index in [1.807, 2.05) is 36.4 Å². The first kappa shape index (κ1) is 17.8. The van der Waals surface area contributed by atoms with Crippen molar-refractivity contribution >= 4 is 22.7 Å². The molecule has 1 heterocycles. The van der Waals surface area contributed by atoms with Crippen LogP contribution in [0.2, 0.25) is 0 Å². The third-order valence-corrected chi connectivity index (χ3v) is 4.48. The van der Waals surface area contributed by atoms with Crippen molar-refractivity contribution in [3.63, 3.8) is 0 Å². The van der Waals surface area contributed by atoms with E-state index >= 15 is 0 Å². The molecule has 0 atom stereocenters. The SMILES string of the molecule is COc1ccc(CSC(=O)Nc2ccc(-c3ccc(=O)[nH]n3)cc2)cc1. The van der Waals surface area contributed by atoms with Crippen LogP contribution >= 0.6 is 11.8 Å². The number of aromatic nitrogens is 2. The lowest BCUT2D eigenvalue weighted by Gasteiger charge is -2.07. The van der Waals surface area contributed by atoms with Crippen molar-refractivity contribution < 1.29 is 9.53 Å². The molecule has 1 amide bonds.